The van der Waals surface area contributed by atoms with Crippen LogP contribution in [0.5, 0.6) is 0 Å². The molecular formula is C59H109NO8. The van der Waals surface area contributed by atoms with E-state index in [0.29, 0.717) is 6.42 Å². The molecule has 0 bridgehead atoms. The van der Waals surface area contributed by atoms with E-state index in [1.165, 1.54) is 186 Å². The number of allylic oxidation sites excluding steroid dienone is 7. The van der Waals surface area contributed by atoms with E-state index in [1.54, 1.807) is 6.08 Å². The van der Waals surface area contributed by atoms with E-state index in [-0.39, 0.29) is 12.5 Å². The van der Waals surface area contributed by atoms with Gasteiger partial charge in [-0.1, -0.05) is 236 Å². The van der Waals surface area contributed by atoms with E-state index in [9.17, 15) is 30.3 Å². The lowest BCUT2D eigenvalue weighted by atomic mass is 9.99. The summed E-state index contributed by atoms with van der Waals surface area (Å²) in [4.78, 5) is 13.0. The van der Waals surface area contributed by atoms with E-state index >= 15 is 0 Å². The molecule has 0 aromatic heterocycles. The summed E-state index contributed by atoms with van der Waals surface area (Å²) in [6.07, 6.45) is 57.5. The van der Waals surface area contributed by atoms with Crippen molar-refractivity contribution in [2.45, 2.75) is 307 Å². The minimum Gasteiger partial charge on any atom is -0.394 e. The molecule has 7 atom stereocenters. The van der Waals surface area contributed by atoms with E-state index in [4.69, 9.17) is 9.47 Å². The minimum absolute atomic E-state index is 0.193. The molecule has 1 fully saturated rings. The van der Waals surface area contributed by atoms with Gasteiger partial charge in [-0.05, 0) is 70.6 Å². The number of ether oxygens (including phenoxy) is 2. The molecule has 1 amide bonds. The first-order chi connectivity index (χ1) is 33.3. The van der Waals surface area contributed by atoms with Gasteiger partial charge in [0.1, 0.15) is 24.4 Å². The Balaban J connectivity index is 2.28. The summed E-state index contributed by atoms with van der Waals surface area (Å²) >= 11 is 0. The molecule has 398 valence electrons. The lowest BCUT2D eigenvalue weighted by molar-refractivity contribution is -0.302. The molecule has 0 spiro atoms. The van der Waals surface area contributed by atoms with Gasteiger partial charge in [-0.3, -0.25) is 4.79 Å². The molecule has 0 aliphatic carbocycles. The zero-order valence-corrected chi connectivity index (χ0v) is 44.1. The maximum atomic E-state index is 13.0. The number of aliphatic hydroxyl groups is 5. The molecule has 68 heavy (non-hydrogen) atoms. The largest absolute Gasteiger partial charge is 0.394 e. The van der Waals surface area contributed by atoms with Gasteiger partial charge in [0.2, 0.25) is 5.91 Å². The number of aliphatic hydroxyl groups excluding tert-OH is 5. The summed E-state index contributed by atoms with van der Waals surface area (Å²) in [5.41, 5.74) is 0. The fourth-order valence-electron chi connectivity index (χ4n) is 9.01. The third kappa shape index (κ3) is 37.9. The lowest BCUT2D eigenvalue weighted by Crippen LogP contribution is -2.60. The van der Waals surface area contributed by atoms with Crippen LogP contribution in [0.15, 0.2) is 48.6 Å². The first-order valence-electron chi connectivity index (χ1n) is 28.9. The van der Waals surface area contributed by atoms with Crippen LogP contribution < -0.4 is 5.32 Å². The normalized spacial score (nSPS) is 19.9. The van der Waals surface area contributed by atoms with Gasteiger partial charge in [0.25, 0.3) is 0 Å². The van der Waals surface area contributed by atoms with Crippen LogP contribution in [0.2, 0.25) is 0 Å². The molecule has 1 rings (SSSR count). The van der Waals surface area contributed by atoms with Gasteiger partial charge < -0.3 is 40.3 Å². The van der Waals surface area contributed by atoms with Gasteiger partial charge in [0.05, 0.1) is 25.4 Å². The van der Waals surface area contributed by atoms with Crippen LogP contribution in [-0.2, 0) is 14.3 Å². The average Bonchev–Trinajstić information content (AvgIpc) is 3.34. The number of nitrogens with one attached hydrogen (secondary N) is 1. The highest BCUT2D eigenvalue weighted by molar-refractivity contribution is 5.76. The number of unbranched alkanes of at least 4 members (excludes halogenated alkanes) is 33. The Kier molecular flexibility index (Phi) is 46.0. The van der Waals surface area contributed by atoms with Crippen molar-refractivity contribution in [3.05, 3.63) is 48.6 Å². The second-order valence-electron chi connectivity index (χ2n) is 20.1. The zero-order valence-electron chi connectivity index (χ0n) is 44.1. The number of carbonyl (C=O) groups excluding carboxylic acids is 1. The summed E-state index contributed by atoms with van der Waals surface area (Å²) in [5.74, 6) is -0.193. The van der Waals surface area contributed by atoms with Crippen molar-refractivity contribution in [1.82, 2.24) is 5.32 Å². The van der Waals surface area contributed by atoms with Crippen LogP contribution in [0.25, 0.3) is 0 Å². The Morgan fingerprint density at radius 3 is 1.24 bits per heavy atom. The van der Waals surface area contributed by atoms with Gasteiger partial charge in [-0.25, -0.2) is 0 Å². The van der Waals surface area contributed by atoms with Crippen molar-refractivity contribution >= 4 is 5.91 Å². The Morgan fingerprint density at radius 1 is 0.485 bits per heavy atom. The van der Waals surface area contributed by atoms with Gasteiger partial charge in [-0.15, -0.1) is 0 Å². The second-order valence-corrected chi connectivity index (χ2v) is 20.1. The quantitative estimate of drug-likeness (QED) is 0.0261. The third-order valence-electron chi connectivity index (χ3n) is 13.6. The number of rotatable bonds is 49. The number of carbonyl (C=O) groups is 1. The van der Waals surface area contributed by atoms with Gasteiger partial charge in [-0.2, -0.15) is 0 Å². The van der Waals surface area contributed by atoms with E-state index in [0.717, 1.165) is 57.8 Å². The molecule has 6 N–H and O–H groups in total. The molecule has 0 radical (unpaired) electrons. The highest BCUT2D eigenvalue weighted by Crippen LogP contribution is 2.23. The smallest absolute Gasteiger partial charge is 0.220 e. The highest BCUT2D eigenvalue weighted by atomic mass is 16.7. The third-order valence-corrected chi connectivity index (χ3v) is 13.6. The van der Waals surface area contributed by atoms with Crippen LogP contribution in [0.1, 0.15) is 264 Å². The summed E-state index contributed by atoms with van der Waals surface area (Å²) in [7, 11) is 0. The molecule has 1 aliphatic rings. The molecule has 0 aromatic carbocycles. The molecule has 1 heterocycles. The fourth-order valence-corrected chi connectivity index (χ4v) is 9.01. The zero-order chi connectivity index (χ0) is 49.4. The van der Waals surface area contributed by atoms with Crippen LogP contribution in [0, 0.1) is 0 Å². The molecule has 9 nitrogen and oxygen atoms in total. The minimum atomic E-state index is -1.58. The molecule has 0 aromatic rings. The summed E-state index contributed by atoms with van der Waals surface area (Å²) in [5, 5.41) is 54.5. The maximum absolute atomic E-state index is 13.0. The summed E-state index contributed by atoms with van der Waals surface area (Å²) in [6.45, 7) is 3.78. The van der Waals surface area contributed by atoms with Gasteiger partial charge in [0.15, 0.2) is 6.29 Å². The van der Waals surface area contributed by atoms with Crippen molar-refractivity contribution in [3.63, 3.8) is 0 Å². The van der Waals surface area contributed by atoms with Crippen LogP contribution in [-0.4, -0.2) is 87.5 Å². The Morgan fingerprint density at radius 2 is 0.838 bits per heavy atom. The maximum Gasteiger partial charge on any atom is 0.220 e. The summed E-state index contributed by atoms with van der Waals surface area (Å²) < 4.78 is 11.3. The van der Waals surface area contributed by atoms with Crippen molar-refractivity contribution in [3.8, 4) is 0 Å². The molecule has 0 saturated carbocycles. The number of hydrogen-bond acceptors (Lipinski definition) is 8. The van der Waals surface area contributed by atoms with Crippen molar-refractivity contribution in [1.29, 1.82) is 0 Å². The van der Waals surface area contributed by atoms with Crippen molar-refractivity contribution in [2.75, 3.05) is 13.2 Å². The average molecular weight is 961 g/mol. The second kappa shape index (κ2) is 48.8. The van der Waals surface area contributed by atoms with Crippen LogP contribution >= 0.6 is 0 Å². The molecule has 9 heteroatoms. The summed E-state index contributed by atoms with van der Waals surface area (Å²) in [6, 6.07) is -0.832. The Hall–Kier alpha value is -1.85. The van der Waals surface area contributed by atoms with Gasteiger partial charge in [0, 0.05) is 6.42 Å². The first-order valence-corrected chi connectivity index (χ1v) is 28.9. The first kappa shape index (κ1) is 64.2. The van der Waals surface area contributed by atoms with Crippen molar-refractivity contribution in [2.24, 2.45) is 0 Å². The van der Waals surface area contributed by atoms with Crippen molar-refractivity contribution < 1.29 is 39.8 Å². The Labute approximate surface area is 418 Å². The lowest BCUT2D eigenvalue weighted by Gasteiger charge is -2.40. The monoisotopic (exact) mass is 960 g/mol. The van der Waals surface area contributed by atoms with Gasteiger partial charge >= 0.3 is 0 Å². The SMILES string of the molecule is CCCCCCCCCCCCCC/C=C\CCCCCCCCCC(=O)NC(COC1OC(CO)C(O)C(O)C1O)C(O)/C=C/CC/C=C/CC/C=C/CCCCCCCCCCCCCC. The molecule has 1 aliphatic heterocycles. The number of hydrogen-bond donors (Lipinski definition) is 6. The van der Waals surface area contributed by atoms with Crippen LogP contribution in [0.4, 0.5) is 0 Å². The topological polar surface area (TPSA) is 149 Å². The molecular weight excluding hydrogens is 851 g/mol. The predicted molar refractivity (Wildman–Crippen MR) is 286 cm³/mol. The van der Waals surface area contributed by atoms with E-state index in [1.807, 2.05) is 6.08 Å². The highest BCUT2D eigenvalue weighted by Gasteiger charge is 2.44. The fraction of sp³-hybridized carbons (Fsp3) is 0.847. The number of amides is 1. The predicted octanol–water partition coefficient (Wildman–Crippen LogP) is 14.1. The standard InChI is InChI=1S/C59H109NO8/c1-3-5-7-9-11-13-15-17-19-21-23-25-27-29-31-33-35-37-39-41-43-45-47-49-55(63)60-52(51-67-59-58(66)57(65)56(64)54(50-61)68-59)53(62)48-46-44-42-40-38-36-34-32-30-28-26-24-22-20-18-16-14-12-10-8-6-4-2/h29-32,38,40,46,48,52-54,56-59,61-62,64-66H,3-28,33-37,39,41-45,47,49-51H2,1-2H3,(H,60,63)/b31-29-,32-30+,40-38+,48-46+. The van der Waals surface area contributed by atoms with E-state index < -0.39 is 49.5 Å². The Bertz CT molecular complexity index is 1210. The van der Waals surface area contributed by atoms with Crippen LogP contribution in [0.3, 0.4) is 0 Å². The van der Waals surface area contributed by atoms with E-state index in [2.05, 4.69) is 55.6 Å². The molecule has 1 saturated heterocycles. The molecule has 7 unspecified atom stereocenters.